The van der Waals surface area contributed by atoms with Gasteiger partial charge in [-0.25, -0.2) is 0 Å². The molecule has 0 spiro atoms. The SMILES string of the molecule is CN(C)c1ccc(C(=O)NC2=C(C#N)CCO2)cc1. The third kappa shape index (κ3) is 2.86. The highest BCUT2D eigenvalue weighted by atomic mass is 16.5. The molecule has 98 valence electrons. The second-order valence-corrected chi connectivity index (χ2v) is 4.41. The van der Waals surface area contributed by atoms with Crippen molar-refractivity contribution in [3.05, 3.63) is 41.3 Å². The lowest BCUT2D eigenvalue weighted by molar-refractivity contribution is 0.0930. The molecule has 1 aromatic carbocycles. The molecule has 0 bridgehead atoms. The zero-order chi connectivity index (χ0) is 13.8. The maximum Gasteiger partial charge on any atom is 0.257 e. The smallest absolute Gasteiger partial charge is 0.257 e. The number of hydrogen-bond acceptors (Lipinski definition) is 4. The highest BCUT2D eigenvalue weighted by Gasteiger charge is 2.18. The average Bonchev–Trinajstić information content (AvgIpc) is 2.86. The van der Waals surface area contributed by atoms with E-state index in [1.54, 1.807) is 12.1 Å². The molecular formula is C14H15N3O2. The summed E-state index contributed by atoms with van der Waals surface area (Å²) in [7, 11) is 3.87. The summed E-state index contributed by atoms with van der Waals surface area (Å²) >= 11 is 0. The van der Waals surface area contributed by atoms with Crippen LogP contribution in [0.2, 0.25) is 0 Å². The molecule has 5 nitrogen and oxygen atoms in total. The zero-order valence-electron chi connectivity index (χ0n) is 10.9. The fourth-order valence-electron chi connectivity index (χ4n) is 1.76. The number of rotatable bonds is 3. The lowest BCUT2D eigenvalue weighted by Gasteiger charge is -2.12. The van der Waals surface area contributed by atoms with Gasteiger partial charge in [0.2, 0.25) is 5.88 Å². The number of hydrogen-bond donors (Lipinski definition) is 1. The van der Waals surface area contributed by atoms with Gasteiger partial charge < -0.3 is 9.64 Å². The Labute approximate surface area is 112 Å². The number of benzene rings is 1. The van der Waals surface area contributed by atoms with E-state index in [1.807, 2.05) is 37.2 Å². The molecule has 0 radical (unpaired) electrons. The highest BCUT2D eigenvalue weighted by Crippen LogP contribution is 2.17. The zero-order valence-corrected chi connectivity index (χ0v) is 10.9. The van der Waals surface area contributed by atoms with Gasteiger partial charge in [0, 0.05) is 31.8 Å². The summed E-state index contributed by atoms with van der Waals surface area (Å²) in [6, 6.07) is 9.24. The fourth-order valence-corrected chi connectivity index (χ4v) is 1.76. The summed E-state index contributed by atoms with van der Waals surface area (Å²) in [6.45, 7) is 0.443. The monoisotopic (exact) mass is 257 g/mol. The minimum Gasteiger partial charge on any atom is -0.478 e. The molecule has 1 amide bonds. The van der Waals surface area contributed by atoms with Gasteiger partial charge in [0.25, 0.3) is 5.91 Å². The van der Waals surface area contributed by atoms with Crippen molar-refractivity contribution in [1.82, 2.24) is 5.32 Å². The first-order valence-electron chi connectivity index (χ1n) is 5.96. The number of ether oxygens (including phenoxy) is 1. The second-order valence-electron chi connectivity index (χ2n) is 4.41. The molecule has 0 saturated heterocycles. The van der Waals surface area contributed by atoms with Crippen LogP contribution >= 0.6 is 0 Å². The van der Waals surface area contributed by atoms with E-state index in [-0.39, 0.29) is 11.8 Å². The van der Waals surface area contributed by atoms with Gasteiger partial charge in [0.05, 0.1) is 12.2 Å². The maximum absolute atomic E-state index is 12.0. The van der Waals surface area contributed by atoms with Crippen LogP contribution in [0.15, 0.2) is 35.7 Å². The molecule has 0 fully saturated rings. The Bertz CT molecular complexity index is 553. The van der Waals surface area contributed by atoms with Gasteiger partial charge in [-0.3, -0.25) is 10.1 Å². The van der Waals surface area contributed by atoms with Crippen LogP contribution < -0.4 is 10.2 Å². The minimum atomic E-state index is -0.269. The molecule has 0 aromatic heterocycles. The van der Waals surface area contributed by atoms with Crippen LogP contribution in [0.3, 0.4) is 0 Å². The average molecular weight is 257 g/mol. The van der Waals surface area contributed by atoms with Crippen molar-refractivity contribution < 1.29 is 9.53 Å². The summed E-state index contributed by atoms with van der Waals surface area (Å²) < 4.78 is 5.23. The summed E-state index contributed by atoms with van der Waals surface area (Å²) in [6.07, 6.45) is 0.547. The third-order valence-corrected chi connectivity index (χ3v) is 2.88. The normalized spacial score (nSPS) is 13.7. The standard InChI is InChI=1S/C14H15N3O2/c1-17(2)12-5-3-10(4-6-12)13(18)16-14-11(9-15)7-8-19-14/h3-6H,7-8H2,1-2H3,(H,16,18). The Morgan fingerprint density at radius 3 is 2.63 bits per heavy atom. The van der Waals surface area contributed by atoms with Crippen molar-refractivity contribution >= 4 is 11.6 Å². The number of carbonyl (C=O) groups is 1. The Balaban J connectivity index is 2.10. The molecule has 0 saturated carbocycles. The first-order valence-corrected chi connectivity index (χ1v) is 5.96. The summed E-state index contributed by atoms with van der Waals surface area (Å²) in [5, 5.41) is 11.5. The molecule has 0 unspecified atom stereocenters. The van der Waals surface area contributed by atoms with Crippen molar-refractivity contribution in [3.63, 3.8) is 0 Å². The first-order chi connectivity index (χ1) is 9.11. The minimum absolute atomic E-state index is 0.269. The summed E-state index contributed by atoms with van der Waals surface area (Å²) in [5.74, 6) is 0.0131. The Morgan fingerprint density at radius 1 is 1.37 bits per heavy atom. The fraction of sp³-hybridized carbons (Fsp3) is 0.286. The van der Waals surface area contributed by atoms with Gasteiger partial charge in [-0.05, 0) is 24.3 Å². The van der Waals surface area contributed by atoms with Crippen molar-refractivity contribution in [2.45, 2.75) is 6.42 Å². The topological polar surface area (TPSA) is 65.4 Å². The van der Waals surface area contributed by atoms with E-state index < -0.39 is 0 Å². The molecule has 1 aliphatic heterocycles. The number of nitrogens with zero attached hydrogens (tertiary/aromatic N) is 2. The van der Waals surface area contributed by atoms with E-state index in [1.165, 1.54) is 0 Å². The van der Waals surface area contributed by atoms with Crippen molar-refractivity contribution in [2.75, 3.05) is 25.6 Å². The molecule has 1 heterocycles. The van der Waals surface area contributed by atoms with Gasteiger partial charge in [0.15, 0.2) is 0 Å². The summed E-state index contributed by atoms with van der Waals surface area (Å²) in [4.78, 5) is 14.0. The number of nitriles is 1. The van der Waals surface area contributed by atoms with Crippen molar-refractivity contribution in [1.29, 1.82) is 5.26 Å². The number of carbonyl (C=O) groups excluding carboxylic acids is 1. The van der Waals surface area contributed by atoms with Crippen LogP contribution in [0.25, 0.3) is 0 Å². The van der Waals surface area contributed by atoms with Crippen LogP contribution in [-0.4, -0.2) is 26.6 Å². The summed E-state index contributed by atoms with van der Waals surface area (Å²) in [5.41, 5.74) is 2.04. The predicted molar refractivity (Wildman–Crippen MR) is 71.4 cm³/mol. The van der Waals surface area contributed by atoms with E-state index in [2.05, 4.69) is 5.32 Å². The first kappa shape index (κ1) is 13.0. The largest absolute Gasteiger partial charge is 0.478 e. The van der Waals surface area contributed by atoms with E-state index in [0.29, 0.717) is 24.2 Å². The molecule has 0 atom stereocenters. The van der Waals surface area contributed by atoms with Crippen LogP contribution in [-0.2, 0) is 4.74 Å². The Hall–Kier alpha value is -2.48. The van der Waals surface area contributed by atoms with E-state index in [0.717, 1.165) is 5.69 Å². The van der Waals surface area contributed by atoms with Gasteiger partial charge in [0.1, 0.15) is 6.07 Å². The van der Waals surface area contributed by atoms with Crippen molar-refractivity contribution in [2.24, 2.45) is 0 Å². The lowest BCUT2D eigenvalue weighted by atomic mass is 10.2. The van der Waals surface area contributed by atoms with Crippen molar-refractivity contribution in [3.8, 4) is 6.07 Å². The molecule has 19 heavy (non-hydrogen) atoms. The Kier molecular flexibility index (Phi) is 3.71. The molecule has 1 aliphatic rings. The predicted octanol–water partition coefficient (Wildman–Crippen LogP) is 1.64. The highest BCUT2D eigenvalue weighted by molar-refractivity contribution is 5.95. The van der Waals surface area contributed by atoms with E-state index in [9.17, 15) is 4.79 Å². The lowest BCUT2D eigenvalue weighted by Crippen LogP contribution is -2.23. The maximum atomic E-state index is 12.0. The quantitative estimate of drug-likeness (QED) is 0.894. The van der Waals surface area contributed by atoms with Gasteiger partial charge in [-0.2, -0.15) is 5.26 Å². The van der Waals surface area contributed by atoms with E-state index >= 15 is 0 Å². The number of amides is 1. The van der Waals surface area contributed by atoms with Gasteiger partial charge in [-0.1, -0.05) is 0 Å². The molecule has 5 heteroatoms. The molecule has 0 aliphatic carbocycles. The van der Waals surface area contributed by atoms with Gasteiger partial charge >= 0.3 is 0 Å². The molecule has 2 rings (SSSR count). The van der Waals surface area contributed by atoms with E-state index in [4.69, 9.17) is 10.00 Å². The molecular weight excluding hydrogens is 242 g/mol. The van der Waals surface area contributed by atoms with Crippen LogP contribution in [0, 0.1) is 11.3 Å². The third-order valence-electron chi connectivity index (χ3n) is 2.88. The van der Waals surface area contributed by atoms with Crippen LogP contribution in [0.5, 0.6) is 0 Å². The molecule has 1 aromatic rings. The molecule has 1 N–H and O–H groups in total. The van der Waals surface area contributed by atoms with Crippen LogP contribution in [0.1, 0.15) is 16.8 Å². The number of anilines is 1. The second kappa shape index (κ2) is 5.44. The van der Waals surface area contributed by atoms with Gasteiger partial charge in [-0.15, -0.1) is 0 Å². The number of nitrogens with one attached hydrogen (secondary N) is 1. The Morgan fingerprint density at radius 2 is 2.05 bits per heavy atom. The van der Waals surface area contributed by atoms with Crippen LogP contribution in [0.4, 0.5) is 5.69 Å².